The first-order valence-corrected chi connectivity index (χ1v) is 6.09. The predicted octanol–water partition coefficient (Wildman–Crippen LogP) is 2.37. The van der Waals surface area contributed by atoms with Crippen molar-refractivity contribution in [2.45, 2.75) is 39.7 Å². The SMILES string of the molecule is Cc1scnc1C(=O)NC1CCC1(C)C.[Ar]. The number of rotatable bonds is 2. The molecule has 0 saturated heterocycles. The molecule has 1 aromatic rings. The van der Waals surface area contributed by atoms with Crippen LogP contribution in [0.2, 0.25) is 0 Å². The van der Waals surface area contributed by atoms with Crippen molar-refractivity contribution in [3.8, 4) is 0 Å². The van der Waals surface area contributed by atoms with Crippen LogP contribution in [0.3, 0.4) is 0 Å². The molecule has 1 saturated carbocycles. The Morgan fingerprint density at radius 1 is 1.62 bits per heavy atom. The molecule has 16 heavy (non-hydrogen) atoms. The number of carbonyl (C=O) groups excluding carboxylic acids is 1. The minimum Gasteiger partial charge on any atom is -0.347 e. The summed E-state index contributed by atoms with van der Waals surface area (Å²) in [6.45, 7) is 6.31. The first kappa shape index (κ1) is 14.4. The largest absolute Gasteiger partial charge is 0.347 e. The van der Waals surface area contributed by atoms with Gasteiger partial charge in [0.05, 0.1) is 5.51 Å². The molecule has 0 bridgehead atoms. The average Bonchev–Trinajstić information content (AvgIpc) is 2.59. The van der Waals surface area contributed by atoms with Crippen LogP contribution in [0.5, 0.6) is 0 Å². The molecular weight excluding hydrogens is 248 g/mol. The number of hydrogen-bond acceptors (Lipinski definition) is 3. The second-order valence-electron chi connectivity index (χ2n) is 4.81. The van der Waals surface area contributed by atoms with E-state index in [9.17, 15) is 4.79 Å². The molecular formula is C11H16ArN2OS. The molecule has 0 radical (unpaired) electrons. The molecule has 0 aromatic carbocycles. The van der Waals surface area contributed by atoms with Gasteiger partial charge in [0.1, 0.15) is 5.69 Å². The van der Waals surface area contributed by atoms with E-state index in [-0.39, 0.29) is 49.1 Å². The van der Waals surface area contributed by atoms with E-state index >= 15 is 0 Å². The fourth-order valence-corrected chi connectivity index (χ4v) is 2.46. The van der Waals surface area contributed by atoms with Crippen molar-refractivity contribution in [1.29, 1.82) is 0 Å². The minimum atomic E-state index is -0.0217. The number of hydrogen-bond donors (Lipinski definition) is 1. The first-order valence-electron chi connectivity index (χ1n) is 5.21. The van der Waals surface area contributed by atoms with E-state index in [1.54, 1.807) is 5.51 Å². The number of nitrogens with one attached hydrogen (secondary N) is 1. The summed E-state index contributed by atoms with van der Waals surface area (Å²) in [6.07, 6.45) is 2.27. The number of nitrogens with zero attached hydrogens (tertiary/aromatic N) is 1. The van der Waals surface area contributed by atoms with Crippen LogP contribution in [0, 0.1) is 50.1 Å². The Bertz CT molecular complexity index is 389. The van der Waals surface area contributed by atoms with Crippen molar-refractivity contribution in [3.63, 3.8) is 0 Å². The predicted molar refractivity (Wildman–Crippen MR) is 61.1 cm³/mol. The summed E-state index contributed by atoms with van der Waals surface area (Å²) in [4.78, 5) is 16.9. The molecule has 5 heteroatoms. The summed E-state index contributed by atoms with van der Waals surface area (Å²) in [6, 6.07) is 0.311. The minimum absolute atomic E-state index is 0. The number of aromatic nitrogens is 1. The molecule has 0 aliphatic heterocycles. The van der Waals surface area contributed by atoms with Gasteiger partial charge in [-0.1, -0.05) is 13.8 Å². The summed E-state index contributed by atoms with van der Waals surface area (Å²) in [5, 5.41) is 3.06. The third kappa shape index (κ3) is 2.78. The van der Waals surface area contributed by atoms with Crippen LogP contribution in [0.4, 0.5) is 0 Å². The molecule has 3 nitrogen and oxygen atoms in total. The van der Waals surface area contributed by atoms with Gasteiger partial charge in [-0.2, -0.15) is 0 Å². The number of amides is 1. The van der Waals surface area contributed by atoms with Crippen LogP contribution in [0.15, 0.2) is 5.51 Å². The zero-order chi connectivity index (χ0) is 11.1. The van der Waals surface area contributed by atoms with E-state index in [0.717, 1.165) is 11.3 Å². The smallest absolute Gasteiger partial charge is 0.271 e. The molecule has 90 valence electrons. The third-order valence-electron chi connectivity index (χ3n) is 3.29. The molecule has 1 unspecified atom stereocenters. The van der Waals surface area contributed by atoms with Crippen molar-refractivity contribution in [3.05, 3.63) is 16.1 Å². The van der Waals surface area contributed by atoms with Crippen molar-refractivity contribution >= 4 is 17.2 Å². The number of aryl methyl sites for hydroxylation is 1. The van der Waals surface area contributed by atoms with Crippen LogP contribution < -0.4 is 5.32 Å². The number of carbonyl (C=O) groups is 1. The standard InChI is InChI=1S/C11H16N2OS.Ar/c1-7-9(12-6-15-7)10(14)13-8-4-5-11(8,2)3;/h6,8H,4-5H2,1-3H3,(H,13,14);. The Morgan fingerprint density at radius 2 is 2.31 bits per heavy atom. The Kier molecular flexibility index (Phi) is 4.81. The van der Waals surface area contributed by atoms with Crippen molar-refractivity contribution in [2.75, 3.05) is 0 Å². The second-order valence-corrected chi connectivity index (χ2v) is 5.87. The van der Waals surface area contributed by atoms with Gasteiger partial charge < -0.3 is 5.32 Å². The summed E-state index contributed by atoms with van der Waals surface area (Å²) >= 11 is 1.51. The van der Waals surface area contributed by atoms with Crippen molar-refractivity contribution < 1.29 is 42.5 Å². The van der Waals surface area contributed by atoms with Gasteiger partial charge in [-0.15, -0.1) is 11.3 Å². The Balaban J connectivity index is 0.00000128. The fraction of sp³-hybridized carbons (Fsp3) is 0.636. The van der Waals surface area contributed by atoms with Gasteiger partial charge in [0, 0.05) is 48.7 Å². The third-order valence-corrected chi connectivity index (χ3v) is 4.04. The molecule has 1 N–H and O–H groups in total. The molecule has 1 aromatic heterocycles. The van der Waals surface area contributed by atoms with Crippen LogP contribution in [-0.2, 0) is 0 Å². The van der Waals surface area contributed by atoms with E-state index in [1.165, 1.54) is 17.8 Å². The summed E-state index contributed by atoms with van der Waals surface area (Å²) in [5.74, 6) is -0.0217. The monoisotopic (exact) mass is 264 g/mol. The van der Waals surface area contributed by atoms with Gasteiger partial charge in [0.15, 0.2) is 0 Å². The Labute approximate surface area is 130 Å². The molecule has 1 amide bonds. The van der Waals surface area contributed by atoms with Gasteiger partial charge in [-0.3, -0.25) is 4.79 Å². The zero-order valence-corrected chi connectivity index (χ0v) is 11.2. The Morgan fingerprint density at radius 3 is 2.69 bits per heavy atom. The van der Waals surface area contributed by atoms with Gasteiger partial charge in [-0.25, -0.2) is 4.98 Å². The van der Waals surface area contributed by atoms with Crippen LogP contribution in [-0.4, -0.2) is 16.9 Å². The van der Waals surface area contributed by atoms with Crippen LogP contribution >= 0.6 is 11.3 Å². The van der Waals surface area contributed by atoms with Crippen molar-refractivity contribution in [2.24, 2.45) is 5.41 Å². The normalized spacial score (nSPS) is 21.8. The van der Waals surface area contributed by atoms with Gasteiger partial charge in [0.2, 0.25) is 0 Å². The van der Waals surface area contributed by atoms with E-state index in [1.807, 2.05) is 6.92 Å². The first-order chi connectivity index (χ1) is 7.00. The maximum Gasteiger partial charge on any atom is 0.271 e. The van der Waals surface area contributed by atoms with Gasteiger partial charge in [0.25, 0.3) is 5.91 Å². The molecule has 0 spiro atoms. The molecule has 1 fully saturated rings. The molecule has 2 rings (SSSR count). The Hall–Kier alpha value is 0.360. The summed E-state index contributed by atoms with van der Waals surface area (Å²) in [7, 11) is 0. The number of thiazole rings is 1. The molecule has 1 aliphatic rings. The average molecular weight is 264 g/mol. The van der Waals surface area contributed by atoms with E-state index in [0.29, 0.717) is 11.7 Å². The van der Waals surface area contributed by atoms with Gasteiger partial charge in [-0.05, 0) is 25.2 Å². The van der Waals surface area contributed by atoms with Gasteiger partial charge >= 0.3 is 0 Å². The van der Waals surface area contributed by atoms with Crippen LogP contribution in [0.25, 0.3) is 0 Å². The molecule has 1 aliphatic carbocycles. The molecule has 1 atom stereocenters. The fourth-order valence-electron chi connectivity index (χ4n) is 1.88. The zero-order valence-electron chi connectivity index (χ0n) is 9.69. The summed E-state index contributed by atoms with van der Waals surface area (Å²) < 4.78 is 0. The second kappa shape index (κ2) is 5.34. The van der Waals surface area contributed by atoms with E-state index in [2.05, 4.69) is 24.1 Å². The topological polar surface area (TPSA) is 42.0 Å². The summed E-state index contributed by atoms with van der Waals surface area (Å²) in [5.41, 5.74) is 2.55. The molecule has 1 heterocycles. The van der Waals surface area contributed by atoms with Crippen molar-refractivity contribution in [1.82, 2.24) is 10.3 Å². The maximum absolute atomic E-state index is 11.9. The van der Waals surface area contributed by atoms with E-state index in [4.69, 9.17) is 0 Å². The van der Waals surface area contributed by atoms with E-state index < -0.39 is 0 Å². The maximum atomic E-state index is 11.9. The van der Waals surface area contributed by atoms with Crippen LogP contribution in [0.1, 0.15) is 42.1 Å². The quantitative estimate of drug-likeness (QED) is 0.891.